The smallest absolute Gasteiger partial charge is 0.156 e. The van der Waals surface area contributed by atoms with E-state index in [0.717, 1.165) is 42.9 Å². The predicted octanol–water partition coefficient (Wildman–Crippen LogP) is 1.14. The summed E-state index contributed by atoms with van der Waals surface area (Å²) in [4.78, 5) is 11.3. The molecule has 5 nitrogen and oxygen atoms in total. The van der Waals surface area contributed by atoms with E-state index in [1.165, 1.54) is 6.42 Å². The fourth-order valence-electron chi connectivity index (χ4n) is 2.78. The van der Waals surface area contributed by atoms with Crippen molar-refractivity contribution in [1.29, 1.82) is 0 Å². The van der Waals surface area contributed by atoms with Crippen LogP contribution in [0, 0.1) is 5.92 Å². The van der Waals surface area contributed by atoms with Crippen molar-refractivity contribution in [2.75, 3.05) is 24.5 Å². The van der Waals surface area contributed by atoms with E-state index in [2.05, 4.69) is 14.9 Å². The molecule has 1 atom stereocenters. The molecule has 0 amide bonds. The van der Waals surface area contributed by atoms with Crippen molar-refractivity contribution < 1.29 is 0 Å². The van der Waals surface area contributed by atoms with Crippen LogP contribution in [0.4, 0.5) is 5.82 Å². The quantitative estimate of drug-likeness (QED) is 0.881. The Labute approximate surface area is 107 Å². The lowest BCUT2D eigenvalue weighted by atomic mass is 10.1. The Balaban J connectivity index is 1.91. The first-order valence-electron chi connectivity index (χ1n) is 6.50. The molecule has 3 heterocycles. The van der Waals surface area contributed by atoms with Crippen LogP contribution in [0.1, 0.15) is 12.8 Å². The monoisotopic (exact) mass is 245 g/mol. The van der Waals surface area contributed by atoms with Gasteiger partial charge in [-0.25, -0.2) is 9.97 Å². The standard InChI is InChI=1S/C13H19N5/c1-17-9-16-12-11(17)3-6-15-13(12)18-7-4-10(8-18)2-5-14/h3,6,9-10H,2,4-5,7-8,14H2,1H3. The molecule has 1 fully saturated rings. The second-order valence-electron chi connectivity index (χ2n) is 5.04. The van der Waals surface area contributed by atoms with Gasteiger partial charge in [-0.2, -0.15) is 0 Å². The van der Waals surface area contributed by atoms with E-state index in [0.29, 0.717) is 5.92 Å². The molecule has 2 N–H and O–H groups in total. The van der Waals surface area contributed by atoms with Crippen molar-refractivity contribution in [3.05, 3.63) is 18.6 Å². The van der Waals surface area contributed by atoms with Crippen LogP contribution in [0.2, 0.25) is 0 Å². The number of hydrogen-bond acceptors (Lipinski definition) is 4. The number of anilines is 1. The molecule has 0 bridgehead atoms. The number of hydrogen-bond donors (Lipinski definition) is 1. The lowest BCUT2D eigenvalue weighted by molar-refractivity contribution is 0.546. The van der Waals surface area contributed by atoms with Gasteiger partial charge in [-0.3, -0.25) is 0 Å². The molecule has 1 aliphatic rings. The zero-order chi connectivity index (χ0) is 12.5. The van der Waals surface area contributed by atoms with Crippen molar-refractivity contribution in [3.63, 3.8) is 0 Å². The molecule has 5 heteroatoms. The highest BCUT2D eigenvalue weighted by Gasteiger charge is 2.24. The Bertz CT molecular complexity index is 547. The van der Waals surface area contributed by atoms with Gasteiger partial charge >= 0.3 is 0 Å². The minimum absolute atomic E-state index is 0.704. The SMILES string of the molecule is Cn1cnc2c(N3CCC(CCN)C3)nccc21. The average molecular weight is 245 g/mol. The summed E-state index contributed by atoms with van der Waals surface area (Å²) in [7, 11) is 2.01. The molecule has 2 aromatic heterocycles. The fraction of sp³-hybridized carbons (Fsp3) is 0.538. The first kappa shape index (κ1) is 11.5. The van der Waals surface area contributed by atoms with E-state index in [4.69, 9.17) is 5.73 Å². The van der Waals surface area contributed by atoms with Crippen LogP contribution in [-0.2, 0) is 7.05 Å². The van der Waals surface area contributed by atoms with E-state index in [1.807, 2.05) is 30.2 Å². The molecule has 0 spiro atoms. The van der Waals surface area contributed by atoms with E-state index in [-0.39, 0.29) is 0 Å². The summed E-state index contributed by atoms with van der Waals surface area (Å²) in [5.74, 6) is 1.73. The van der Waals surface area contributed by atoms with Crippen LogP contribution in [0.3, 0.4) is 0 Å². The van der Waals surface area contributed by atoms with Gasteiger partial charge < -0.3 is 15.2 Å². The number of imidazole rings is 1. The van der Waals surface area contributed by atoms with Gasteiger partial charge in [-0.05, 0) is 31.4 Å². The molecule has 0 aliphatic carbocycles. The zero-order valence-corrected chi connectivity index (χ0v) is 10.7. The number of fused-ring (bicyclic) bond motifs is 1. The summed E-state index contributed by atoms with van der Waals surface area (Å²) in [5.41, 5.74) is 7.79. The number of aromatic nitrogens is 3. The van der Waals surface area contributed by atoms with Crippen molar-refractivity contribution in [3.8, 4) is 0 Å². The number of nitrogens with zero attached hydrogens (tertiary/aromatic N) is 4. The molecule has 2 aromatic rings. The highest BCUT2D eigenvalue weighted by Crippen LogP contribution is 2.28. The van der Waals surface area contributed by atoms with Gasteiger partial charge in [0.2, 0.25) is 0 Å². The Morgan fingerprint density at radius 2 is 2.33 bits per heavy atom. The molecule has 1 saturated heterocycles. The third-order valence-corrected chi connectivity index (χ3v) is 3.78. The van der Waals surface area contributed by atoms with E-state index in [1.54, 1.807) is 0 Å². The molecule has 0 saturated carbocycles. The van der Waals surface area contributed by atoms with Crippen LogP contribution in [0.15, 0.2) is 18.6 Å². The fourth-order valence-corrected chi connectivity index (χ4v) is 2.78. The minimum Gasteiger partial charge on any atom is -0.354 e. The Kier molecular flexibility index (Phi) is 2.91. The van der Waals surface area contributed by atoms with Crippen LogP contribution in [0.5, 0.6) is 0 Å². The first-order chi connectivity index (χ1) is 8.79. The van der Waals surface area contributed by atoms with Gasteiger partial charge in [-0.15, -0.1) is 0 Å². The molecule has 1 unspecified atom stereocenters. The number of rotatable bonds is 3. The lowest BCUT2D eigenvalue weighted by Gasteiger charge is -2.17. The molecule has 96 valence electrons. The van der Waals surface area contributed by atoms with Crippen molar-refractivity contribution in [2.24, 2.45) is 18.7 Å². The van der Waals surface area contributed by atoms with E-state index >= 15 is 0 Å². The van der Waals surface area contributed by atoms with Gasteiger partial charge in [0.15, 0.2) is 5.82 Å². The summed E-state index contributed by atoms with van der Waals surface area (Å²) >= 11 is 0. The highest BCUT2D eigenvalue weighted by molar-refractivity contribution is 5.86. The number of aryl methyl sites for hydroxylation is 1. The maximum absolute atomic E-state index is 5.64. The molecular formula is C13H19N5. The molecule has 3 rings (SSSR count). The van der Waals surface area contributed by atoms with Gasteiger partial charge in [-0.1, -0.05) is 0 Å². The maximum atomic E-state index is 5.64. The molecule has 1 aliphatic heterocycles. The first-order valence-corrected chi connectivity index (χ1v) is 6.50. The number of nitrogens with two attached hydrogens (primary N) is 1. The topological polar surface area (TPSA) is 60.0 Å². The van der Waals surface area contributed by atoms with Gasteiger partial charge in [0, 0.05) is 26.3 Å². The van der Waals surface area contributed by atoms with E-state index < -0.39 is 0 Å². The second-order valence-corrected chi connectivity index (χ2v) is 5.04. The predicted molar refractivity (Wildman–Crippen MR) is 72.5 cm³/mol. The zero-order valence-electron chi connectivity index (χ0n) is 10.7. The van der Waals surface area contributed by atoms with Gasteiger partial charge in [0.1, 0.15) is 5.52 Å². The summed E-state index contributed by atoms with van der Waals surface area (Å²) in [5, 5.41) is 0. The van der Waals surface area contributed by atoms with Crippen LogP contribution < -0.4 is 10.6 Å². The summed E-state index contributed by atoms with van der Waals surface area (Å²) in [6.45, 7) is 2.90. The minimum atomic E-state index is 0.704. The van der Waals surface area contributed by atoms with Crippen LogP contribution in [0.25, 0.3) is 11.0 Å². The molecule has 18 heavy (non-hydrogen) atoms. The third-order valence-electron chi connectivity index (χ3n) is 3.78. The lowest BCUT2D eigenvalue weighted by Crippen LogP contribution is -2.21. The molecular weight excluding hydrogens is 226 g/mol. The van der Waals surface area contributed by atoms with Gasteiger partial charge in [0.05, 0.1) is 11.8 Å². The van der Waals surface area contributed by atoms with Crippen molar-refractivity contribution >= 4 is 16.9 Å². The highest BCUT2D eigenvalue weighted by atomic mass is 15.2. The number of pyridine rings is 1. The third kappa shape index (κ3) is 1.84. The maximum Gasteiger partial charge on any atom is 0.156 e. The Morgan fingerprint density at radius 1 is 1.44 bits per heavy atom. The van der Waals surface area contributed by atoms with Crippen molar-refractivity contribution in [2.45, 2.75) is 12.8 Å². The Hall–Kier alpha value is -1.62. The average Bonchev–Trinajstić information content (AvgIpc) is 2.98. The summed E-state index contributed by atoms with van der Waals surface area (Å²) in [6, 6.07) is 2.01. The molecule has 0 radical (unpaired) electrons. The summed E-state index contributed by atoms with van der Waals surface area (Å²) < 4.78 is 2.04. The largest absolute Gasteiger partial charge is 0.354 e. The normalized spacial score (nSPS) is 19.9. The van der Waals surface area contributed by atoms with Gasteiger partial charge in [0.25, 0.3) is 0 Å². The summed E-state index contributed by atoms with van der Waals surface area (Å²) in [6.07, 6.45) is 6.04. The van der Waals surface area contributed by atoms with Crippen LogP contribution in [-0.4, -0.2) is 34.2 Å². The van der Waals surface area contributed by atoms with Crippen LogP contribution >= 0.6 is 0 Å². The molecule has 0 aromatic carbocycles. The second kappa shape index (κ2) is 4.57. The van der Waals surface area contributed by atoms with E-state index in [9.17, 15) is 0 Å². The Morgan fingerprint density at radius 3 is 3.17 bits per heavy atom. The van der Waals surface area contributed by atoms with Crippen molar-refractivity contribution in [1.82, 2.24) is 14.5 Å².